The summed E-state index contributed by atoms with van der Waals surface area (Å²) in [5, 5.41) is 2.95. The zero-order valence-corrected chi connectivity index (χ0v) is 20.2. The highest BCUT2D eigenvalue weighted by Crippen LogP contribution is 2.28. The summed E-state index contributed by atoms with van der Waals surface area (Å²) in [5.41, 5.74) is 3.47. The number of carbonyl (C=O) groups excluding carboxylic acids is 1. The summed E-state index contributed by atoms with van der Waals surface area (Å²) in [6.07, 6.45) is 0. The predicted octanol–water partition coefficient (Wildman–Crippen LogP) is 4.96. The first kappa shape index (κ1) is 24.5. The number of aryl methyl sites for hydroxylation is 1. The Bertz CT molecular complexity index is 1190. The number of para-hydroxylation sites is 1. The molecule has 0 aliphatic carbocycles. The van der Waals surface area contributed by atoms with Gasteiger partial charge in [-0.2, -0.15) is 4.31 Å². The Hall–Kier alpha value is -3.16. The molecule has 6 nitrogen and oxygen atoms in total. The first-order chi connectivity index (χ1) is 15.7. The fourth-order valence-corrected chi connectivity index (χ4v) is 4.98. The van der Waals surface area contributed by atoms with Gasteiger partial charge in [-0.3, -0.25) is 4.79 Å². The molecule has 0 spiro atoms. The van der Waals surface area contributed by atoms with Gasteiger partial charge in [0, 0.05) is 12.2 Å². The van der Waals surface area contributed by atoms with Crippen molar-refractivity contribution >= 4 is 21.6 Å². The number of methoxy groups -OCH3 is 1. The monoisotopic (exact) mass is 466 g/mol. The summed E-state index contributed by atoms with van der Waals surface area (Å²) < 4.78 is 33.3. The molecule has 0 unspecified atom stereocenters. The molecule has 3 rings (SSSR count). The number of nitrogens with one attached hydrogen (secondary N) is 1. The second-order valence-corrected chi connectivity index (χ2v) is 10.1. The molecule has 33 heavy (non-hydrogen) atoms. The summed E-state index contributed by atoms with van der Waals surface area (Å²) in [6.45, 7) is 5.81. The lowest BCUT2D eigenvalue weighted by Crippen LogP contribution is -2.37. The van der Waals surface area contributed by atoms with Gasteiger partial charge in [-0.15, -0.1) is 0 Å². The molecule has 1 amide bonds. The maximum absolute atomic E-state index is 13.5. The normalized spacial score (nSPS) is 11.6. The third-order valence-corrected chi connectivity index (χ3v) is 7.22. The average Bonchev–Trinajstić information content (AvgIpc) is 2.80. The summed E-state index contributed by atoms with van der Waals surface area (Å²) in [6, 6.07) is 21.3. The van der Waals surface area contributed by atoms with Gasteiger partial charge in [0.25, 0.3) is 0 Å². The molecular formula is C26H30N2O4S. The third-order valence-electron chi connectivity index (χ3n) is 5.41. The van der Waals surface area contributed by atoms with Crippen LogP contribution in [0.4, 0.5) is 5.69 Å². The van der Waals surface area contributed by atoms with Crippen LogP contribution in [0.3, 0.4) is 0 Å². The molecule has 7 heteroatoms. The largest absolute Gasteiger partial charge is 0.497 e. The van der Waals surface area contributed by atoms with E-state index in [9.17, 15) is 13.2 Å². The molecule has 0 atom stereocenters. The molecule has 0 aliphatic heterocycles. The smallest absolute Gasteiger partial charge is 0.243 e. The lowest BCUT2D eigenvalue weighted by molar-refractivity contribution is -0.116. The lowest BCUT2D eigenvalue weighted by atomic mass is 9.98. The average molecular weight is 467 g/mol. The number of nitrogens with zero attached hydrogens (tertiary/aromatic N) is 1. The molecule has 0 heterocycles. The number of sulfonamides is 1. The van der Waals surface area contributed by atoms with Gasteiger partial charge in [0.2, 0.25) is 15.9 Å². The first-order valence-electron chi connectivity index (χ1n) is 10.8. The molecule has 0 fully saturated rings. The molecule has 0 saturated carbocycles. The van der Waals surface area contributed by atoms with Crippen molar-refractivity contribution < 1.29 is 17.9 Å². The van der Waals surface area contributed by atoms with E-state index in [1.165, 1.54) is 23.5 Å². The maximum atomic E-state index is 13.5. The SMILES string of the molecule is COc1ccc(S(=O)(=O)N(CC(=O)Nc2c(C)cccc2C(C)C)Cc2ccccc2)cc1. The molecule has 0 saturated heterocycles. The van der Waals surface area contributed by atoms with E-state index in [1.807, 2.05) is 55.5 Å². The van der Waals surface area contributed by atoms with Crippen LogP contribution in [0.1, 0.15) is 36.5 Å². The molecule has 0 radical (unpaired) electrons. The minimum absolute atomic E-state index is 0.0768. The van der Waals surface area contributed by atoms with Crippen molar-refractivity contribution in [1.29, 1.82) is 0 Å². The van der Waals surface area contributed by atoms with Crippen molar-refractivity contribution in [1.82, 2.24) is 4.31 Å². The quantitative estimate of drug-likeness (QED) is 0.484. The number of ether oxygens (including phenoxy) is 1. The second-order valence-electron chi connectivity index (χ2n) is 8.18. The van der Waals surface area contributed by atoms with Crippen LogP contribution < -0.4 is 10.1 Å². The van der Waals surface area contributed by atoms with Crippen molar-refractivity contribution in [3.63, 3.8) is 0 Å². The minimum Gasteiger partial charge on any atom is -0.497 e. The van der Waals surface area contributed by atoms with Gasteiger partial charge in [0.15, 0.2) is 0 Å². The van der Waals surface area contributed by atoms with Gasteiger partial charge in [-0.05, 0) is 53.8 Å². The van der Waals surface area contributed by atoms with E-state index in [-0.39, 0.29) is 29.8 Å². The van der Waals surface area contributed by atoms with Crippen LogP contribution in [0.25, 0.3) is 0 Å². The number of hydrogen-bond donors (Lipinski definition) is 1. The number of carbonyl (C=O) groups is 1. The van der Waals surface area contributed by atoms with Crippen LogP contribution in [-0.2, 0) is 21.4 Å². The van der Waals surface area contributed by atoms with Gasteiger partial charge >= 0.3 is 0 Å². The summed E-state index contributed by atoms with van der Waals surface area (Å²) in [7, 11) is -2.41. The fraction of sp³-hybridized carbons (Fsp3) is 0.269. The number of benzene rings is 3. The van der Waals surface area contributed by atoms with E-state index < -0.39 is 10.0 Å². The van der Waals surface area contributed by atoms with Crippen LogP contribution in [0, 0.1) is 6.92 Å². The van der Waals surface area contributed by atoms with Crippen molar-refractivity contribution in [2.75, 3.05) is 19.0 Å². The van der Waals surface area contributed by atoms with E-state index in [0.717, 1.165) is 22.4 Å². The van der Waals surface area contributed by atoms with Crippen LogP contribution in [0.15, 0.2) is 77.7 Å². The van der Waals surface area contributed by atoms with Crippen LogP contribution in [0.2, 0.25) is 0 Å². The van der Waals surface area contributed by atoms with Gasteiger partial charge in [-0.25, -0.2) is 8.42 Å². The zero-order valence-electron chi connectivity index (χ0n) is 19.4. The summed E-state index contributed by atoms with van der Waals surface area (Å²) >= 11 is 0. The van der Waals surface area contributed by atoms with Gasteiger partial charge in [-0.1, -0.05) is 62.4 Å². The molecule has 174 valence electrons. The molecular weight excluding hydrogens is 436 g/mol. The van der Waals surface area contributed by atoms with E-state index in [0.29, 0.717) is 5.75 Å². The second kappa shape index (κ2) is 10.6. The zero-order chi connectivity index (χ0) is 24.0. The number of rotatable bonds is 9. The Kier molecular flexibility index (Phi) is 7.89. The molecule has 0 aromatic heterocycles. The van der Waals surface area contributed by atoms with Crippen LogP contribution >= 0.6 is 0 Å². The van der Waals surface area contributed by atoms with Crippen LogP contribution in [0.5, 0.6) is 5.75 Å². The third kappa shape index (κ3) is 6.00. The van der Waals surface area contributed by atoms with Gasteiger partial charge < -0.3 is 10.1 Å². The fourth-order valence-electron chi connectivity index (χ4n) is 3.59. The Morgan fingerprint density at radius 1 is 0.970 bits per heavy atom. The first-order valence-corrected chi connectivity index (χ1v) is 12.2. The number of hydrogen-bond acceptors (Lipinski definition) is 4. The predicted molar refractivity (Wildman–Crippen MR) is 131 cm³/mol. The van der Waals surface area contributed by atoms with Crippen molar-refractivity contribution in [3.05, 3.63) is 89.5 Å². The van der Waals surface area contributed by atoms with E-state index in [1.54, 1.807) is 12.1 Å². The maximum Gasteiger partial charge on any atom is 0.243 e. The minimum atomic E-state index is -3.93. The van der Waals surface area contributed by atoms with Crippen LogP contribution in [-0.4, -0.2) is 32.3 Å². The summed E-state index contributed by atoms with van der Waals surface area (Å²) in [5.74, 6) is 0.380. The topological polar surface area (TPSA) is 75.7 Å². The molecule has 0 bridgehead atoms. The molecule has 1 N–H and O–H groups in total. The van der Waals surface area contributed by atoms with Gasteiger partial charge in [0.1, 0.15) is 5.75 Å². The van der Waals surface area contributed by atoms with E-state index >= 15 is 0 Å². The Labute approximate surface area is 196 Å². The molecule has 3 aromatic carbocycles. The van der Waals surface area contributed by atoms with Crippen molar-refractivity contribution in [2.24, 2.45) is 0 Å². The standard InChI is InChI=1S/C26H30N2O4S/c1-19(2)24-12-8-9-20(3)26(24)27-25(29)18-28(17-21-10-6-5-7-11-21)33(30,31)23-15-13-22(32-4)14-16-23/h5-16,19H,17-18H2,1-4H3,(H,27,29). The summed E-state index contributed by atoms with van der Waals surface area (Å²) in [4.78, 5) is 13.2. The van der Waals surface area contributed by atoms with E-state index in [4.69, 9.17) is 4.74 Å². The van der Waals surface area contributed by atoms with Crippen molar-refractivity contribution in [2.45, 2.75) is 38.1 Å². The Morgan fingerprint density at radius 2 is 1.64 bits per heavy atom. The highest BCUT2D eigenvalue weighted by Gasteiger charge is 2.27. The van der Waals surface area contributed by atoms with E-state index in [2.05, 4.69) is 19.2 Å². The Balaban J connectivity index is 1.91. The molecule has 3 aromatic rings. The number of anilines is 1. The lowest BCUT2D eigenvalue weighted by Gasteiger charge is -2.23. The van der Waals surface area contributed by atoms with Gasteiger partial charge in [0.05, 0.1) is 18.6 Å². The Morgan fingerprint density at radius 3 is 2.24 bits per heavy atom. The highest BCUT2D eigenvalue weighted by atomic mass is 32.2. The highest BCUT2D eigenvalue weighted by molar-refractivity contribution is 7.89. The van der Waals surface area contributed by atoms with Crippen molar-refractivity contribution in [3.8, 4) is 5.75 Å². The number of amides is 1. The molecule has 0 aliphatic rings.